The molecule has 78 valence electrons. The Hall–Kier alpha value is -1.36. The summed E-state index contributed by atoms with van der Waals surface area (Å²) in [5.41, 5.74) is 5.36. The first-order valence-corrected chi connectivity index (χ1v) is 4.43. The normalized spacial score (nSPS) is 19.1. The maximum Gasteiger partial charge on any atom is 0.331 e. The molecule has 0 aromatic carbocycles. The Labute approximate surface area is 81.2 Å². The van der Waals surface area contributed by atoms with Crippen molar-refractivity contribution >= 4 is 11.9 Å². The molecule has 0 saturated heterocycles. The van der Waals surface area contributed by atoms with E-state index in [0.717, 1.165) is 12.8 Å². The monoisotopic (exact) mass is 199 g/mol. The fraction of sp³-hybridized carbons (Fsp3) is 0.556. The van der Waals surface area contributed by atoms with Gasteiger partial charge < -0.3 is 15.9 Å². The van der Waals surface area contributed by atoms with Crippen molar-refractivity contribution in [1.29, 1.82) is 0 Å². The number of carboxylic acids is 2. The van der Waals surface area contributed by atoms with Crippen LogP contribution in [0.4, 0.5) is 0 Å². The highest BCUT2D eigenvalue weighted by molar-refractivity contribution is 5.88. The smallest absolute Gasteiger partial charge is 0.331 e. The van der Waals surface area contributed by atoms with E-state index in [4.69, 9.17) is 15.9 Å². The lowest BCUT2D eigenvalue weighted by molar-refractivity contribution is -0.138. The molecule has 0 aliphatic heterocycles. The average Bonchev–Trinajstić information content (AvgIpc) is 2.86. The quantitative estimate of drug-likeness (QED) is 0.549. The van der Waals surface area contributed by atoms with Gasteiger partial charge in [-0.2, -0.15) is 0 Å². The van der Waals surface area contributed by atoms with Crippen LogP contribution in [-0.2, 0) is 9.59 Å². The van der Waals surface area contributed by atoms with Crippen molar-refractivity contribution in [3.8, 4) is 0 Å². The number of allylic oxidation sites excluding steroid dienone is 1. The summed E-state index contributed by atoms with van der Waals surface area (Å²) in [6.45, 7) is 0. The lowest BCUT2D eigenvalue weighted by Crippen LogP contribution is -2.31. The number of carboxylic acid groups (broad SMARTS) is 2. The Morgan fingerprint density at radius 3 is 2.36 bits per heavy atom. The molecule has 0 heterocycles. The molecule has 5 heteroatoms. The molecule has 1 aliphatic rings. The summed E-state index contributed by atoms with van der Waals surface area (Å²) in [6, 6.07) is -1.13. The first-order chi connectivity index (χ1) is 6.50. The van der Waals surface area contributed by atoms with E-state index in [2.05, 4.69) is 0 Å². The van der Waals surface area contributed by atoms with Gasteiger partial charge in [-0.05, 0) is 18.8 Å². The zero-order valence-electron chi connectivity index (χ0n) is 7.64. The third-order valence-corrected chi connectivity index (χ3v) is 2.09. The summed E-state index contributed by atoms with van der Waals surface area (Å²) < 4.78 is 0. The molecule has 1 fully saturated rings. The van der Waals surface area contributed by atoms with Gasteiger partial charge in [0.15, 0.2) is 0 Å². The van der Waals surface area contributed by atoms with Crippen molar-refractivity contribution in [3.05, 3.63) is 11.6 Å². The van der Waals surface area contributed by atoms with Gasteiger partial charge >= 0.3 is 11.9 Å². The number of hydrogen-bond donors (Lipinski definition) is 3. The summed E-state index contributed by atoms with van der Waals surface area (Å²) in [5.74, 6) is -1.94. The van der Waals surface area contributed by atoms with Gasteiger partial charge in [-0.15, -0.1) is 0 Å². The highest BCUT2D eigenvalue weighted by atomic mass is 16.4. The van der Waals surface area contributed by atoms with Crippen LogP contribution in [0.1, 0.15) is 19.3 Å². The van der Waals surface area contributed by atoms with Crippen molar-refractivity contribution < 1.29 is 19.8 Å². The fourth-order valence-corrected chi connectivity index (χ4v) is 1.10. The third kappa shape index (κ3) is 3.18. The predicted molar refractivity (Wildman–Crippen MR) is 48.7 cm³/mol. The molecule has 1 atom stereocenters. The molecule has 1 rings (SSSR count). The molecule has 5 nitrogen and oxygen atoms in total. The highest BCUT2D eigenvalue weighted by Crippen LogP contribution is 2.32. The number of hydrogen-bond acceptors (Lipinski definition) is 3. The van der Waals surface area contributed by atoms with Crippen molar-refractivity contribution in [1.82, 2.24) is 0 Å². The van der Waals surface area contributed by atoms with Crippen LogP contribution in [-0.4, -0.2) is 28.2 Å². The van der Waals surface area contributed by atoms with Gasteiger partial charge in [0.2, 0.25) is 0 Å². The van der Waals surface area contributed by atoms with Crippen LogP contribution in [0.2, 0.25) is 0 Å². The first kappa shape index (κ1) is 10.7. The lowest BCUT2D eigenvalue weighted by Gasteiger charge is -2.06. The maximum atomic E-state index is 10.7. The van der Waals surface area contributed by atoms with Gasteiger partial charge in [-0.25, -0.2) is 4.79 Å². The van der Waals surface area contributed by atoms with Gasteiger partial charge in [-0.3, -0.25) is 4.79 Å². The molecule has 0 aromatic heterocycles. The minimum Gasteiger partial charge on any atom is -0.480 e. The van der Waals surface area contributed by atoms with E-state index in [1.54, 1.807) is 6.08 Å². The molecular weight excluding hydrogens is 186 g/mol. The topological polar surface area (TPSA) is 101 Å². The van der Waals surface area contributed by atoms with Gasteiger partial charge in [-0.1, -0.05) is 6.08 Å². The van der Waals surface area contributed by atoms with Crippen LogP contribution in [0.25, 0.3) is 0 Å². The predicted octanol–water partition coefficient (Wildman–Crippen LogP) is 0.209. The van der Waals surface area contributed by atoms with E-state index >= 15 is 0 Å². The van der Waals surface area contributed by atoms with Crippen molar-refractivity contribution in [2.75, 3.05) is 0 Å². The fourth-order valence-electron chi connectivity index (χ4n) is 1.10. The molecule has 0 bridgehead atoms. The van der Waals surface area contributed by atoms with Crippen LogP contribution in [0, 0.1) is 5.92 Å². The molecule has 0 unspecified atom stereocenters. The van der Waals surface area contributed by atoms with Gasteiger partial charge in [0.1, 0.15) is 6.04 Å². The second kappa shape index (κ2) is 4.23. The van der Waals surface area contributed by atoms with Crippen LogP contribution in [0.3, 0.4) is 0 Å². The Kier molecular flexibility index (Phi) is 3.24. The second-order valence-corrected chi connectivity index (χ2v) is 3.48. The van der Waals surface area contributed by atoms with Gasteiger partial charge in [0.05, 0.1) is 0 Å². The van der Waals surface area contributed by atoms with Crippen LogP contribution in [0.5, 0.6) is 0 Å². The average molecular weight is 199 g/mol. The van der Waals surface area contributed by atoms with E-state index in [-0.39, 0.29) is 12.0 Å². The van der Waals surface area contributed by atoms with Crippen molar-refractivity contribution in [2.45, 2.75) is 25.3 Å². The van der Waals surface area contributed by atoms with E-state index < -0.39 is 18.0 Å². The van der Waals surface area contributed by atoms with Crippen LogP contribution in [0.15, 0.2) is 11.6 Å². The molecule has 1 aliphatic carbocycles. The number of nitrogens with two attached hydrogens (primary N) is 1. The Balaban J connectivity index is 2.59. The highest BCUT2D eigenvalue weighted by Gasteiger charge is 2.24. The van der Waals surface area contributed by atoms with Crippen molar-refractivity contribution in [3.63, 3.8) is 0 Å². The molecule has 0 spiro atoms. The standard InChI is InChI=1S/C9H13NO4/c10-7(9(13)14)4-6(8(11)12)3-5-1-2-5/h3,5,7H,1-2,4,10H2,(H,11,12)(H,13,14)/b6-3+/t7-/m0/s1. The molecular formula is C9H13NO4. The number of aliphatic carboxylic acids is 2. The zero-order chi connectivity index (χ0) is 10.7. The third-order valence-electron chi connectivity index (χ3n) is 2.09. The Morgan fingerprint density at radius 2 is 2.00 bits per heavy atom. The Bertz CT molecular complexity index is 281. The van der Waals surface area contributed by atoms with E-state index in [1.165, 1.54) is 0 Å². The molecule has 14 heavy (non-hydrogen) atoms. The first-order valence-electron chi connectivity index (χ1n) is 4.43. The maximum absolute atomic E-state index is 10.7. The molecule has 0 amide bonds. The summed E-state index contributed by atoms with van der Waals surface area (Å²) in [6.07, 6.45) is 3.48. The minimum absolute atomic E-state index is 0.110. The van der Waals surface area contributed by atoms with Gasteiger partial charge in [0, 0.05) is 12.0 Å². The molecule has 1 saturated carbocycles. The Morgan fingerprint density at radius 1 is 1.43 bits per heavy atom. The SMILES string of the molecule is N[C@@H](C/C(=C\C1CC1)C(=O)O)C(=O)O. The van der Waals surface area contributed by atoms with Crippen LogP contribution < -0.4 is 5.73 Å². The molecule has 4 N–H and O–H groups in total. The number of carbonyl (C=O) groups is 2. The summed E-state index contributed by atoms with van der Waals surface area (Å²) in [7, 11) is 0. The van der Waals surface area contributed by atoms with E-state index in [9.17, 15) is 9.59 Å². The second-order valence-electron chi connectivity index (χ2n) is 3.48. The van der Waals surface area contributed by atoms with Crippen LogP contribution >= 0.6 is 0 Å². The summed E-state index contributed by atoms with van der Waals surface area (Å²) in [5, 5.41) is 17.3. The largest absolute Gasteiger partial charge is 0.480 e. The summed E-state index contributed by atoms with van der Waals surface area (Å²) >= 11 is 0. The minimum atomic E-state index is -1.17. The zero-order valence-corrected chi connectivity index (χ0v) is 7.64. The molecule has 0 radical (unpaired) electrons. The van der Waals surface area contributed by atoms with E-state index in [0.29, 0.717) is 5.92 Å². The lowest BCUT2D eigenvalue weighted by atomic mass is 10.1. The van der Waals surface area contributed by atoms with E-state index in [1.807, 2.05) is 0 Å². The summed E-state index contributed by atoms with van der Waals surface area (Å²) in [4.78, 5) is 21.1. The van der Waals surface area contributed by atoms with Gasteiger partial charge in [0.25, 0.3) is 0 Å². The van der Waals surface area contributed by atoms with Crippen molar-refractivity contribution in [2.24, 2.45) is 11.7 Å². The number of rotatable bonds is 5. The molecule has 0 aromatic rings.